The van der Waals surface area contributed by atoms with Gasteiger partial charge in [-0.05, 0) is 56.2 Å². The molecule has 1 fully saturated rings. The number of anilines is 1. The summed E-state index contributed by atoms with van der Waals surface area (Å²) in [4.78, 5) is 14.1. The number of nitrogens with zero attached hydrogens (tertiary/aromatic N) is 1. The summed E-state index contributed by atoms with van der Waals surface area (Å²) in [5, 5.41) is 3.72. The number of carbonyl (C=O) groups excluding carboxylic acids is 1. The Labute approximate surface area is 187 Å². The summed E-state index contributed by atoms with van der Waals surface area (Å²) in [5.74, 6) is -0.181. The van der Waals surface area contributed by atoms with E-state index in [1.165, 1.54) is 4.31 Å². The van der Waals surface area contributed by atoms with Crippen LogP contribution in [0.2, 0.25) is 10.0 Å². The second kappa shape index (κ2) is 9.24. The van der Waals surface area contributed by atoms with Gasteiger partial charge in [0.15, 0.2) is 6.04 Å². The first-order valence-corrected chi connectivity index (χ1v) is 12.0. The van der Waals surface area contributed by atoms with Gasteiger partial charge in [0.2, 0.25) is 10.0 Å². The lowest BCUT2D eigenvalue weighted by Gasteiger charge is -2.34. The first-order chi connectivity index (χ1) is 14.1. The van der Waals surface area contributed by atoms with Gasteiger partial charge in [-0.3, -0.25) is 4.79 Å². The van der Waals surface area contributed by atoms with Gasteiger partial charge in [0.05, 0.1) is 41.8 Å². The highest BCUT2D eigenvalue weighted by Gasteiger charge is 2.35. The third kappa shape index (κ3) is 4.98. The number of sulfonamides is 1. The van der Waals surface area contributed by atoms with Crippen LogP contribution in [0.15, 0.2) is 41.3 Å². The van der Waals surface area contributed by atoms with Crippen molar-refractivity contribution in [1.82, 2.24) is 4.31 Å². The molecule has 1 atom stereocenters. The molecule has 2 N–H and O–H groups in total. The maximum atomic E-state index is 13.1. The van der Waals surface area contributed by atoms with Crippen molar-refractivity contribution in [3.05, 3.63) is 57.6 Å². The van der Waals surface area contributed by atoms with Crippen LogP contribution in [0.1, 0.15) is 18.1 Å². The van der Waals surface area contributed by atoms with Crippen LogP contribution in [0.25, 0.3) is 0 Å². The van der Waals surface area contributed by atoms with Gasteiger partial charge in [0.25, 0.3) is 5.91 Å². The number of carbonyl (C=O) groups is 1. The summed E-state index contributed by atoms with van der Waals surface area (Å²) in [5.41, 5.74) is 2.12. The molecule has 30 heavy (non-hydrogen) atoms. The molecule has 0 saturated carbocycles. The smallest absolute Gasteiger partial charge is 0.282 e. The number of hydrogen-bond acceptors (Lipinski definition) is 3. The lowest BCUT2D eigenvalue weighted by molar-refractivity contribution is -0.917. The molecule has 162 valence electrons. The zero-order chi connectivity index (χ0) is 22.1. The topological polar surface area (TPSA) is 70.9 Å². The number of piperazine rings is 1. The molecule has 1 saturated heterocycles. The van der Waals surface area contributed by atoms with Gasteiger partial charge in [-0.25, -0.2) is 8.42 Å². The molecule has 0 aromatic heterocycles. The monoisotopic (exact) mass is 470 g/mol. The van der Waals surface area contributed by atoms with Crippen molar-refractivity contribution in [3.63, 3.8) is 0 Å². The van der Waals surface area contributed by atoms with Gasteiger partial charge in [-0.15, -0.1) is 0 Å². The predicted molar refractivity (Wildman–Crippen MR) is 120 cm³/mol. The molecule has 2 aromatic carbocycles. The van der Waals surface area contributed by atoms with Crippen LogP contribution in [0.4, 0.5) is 5.69 Å². The Bertz CT molecular complexity index is 1050. The third-order valence-corrected chi connectivity index (χ3v) is 8.12. The first kappa shape index (κ1) is 23.0. The number of halogens is 2. The van der Waals surface area contributed by atoms with Gasteiger partial charge in [0.1, 0.15) is 0 Å². The first-order valence-electron chi connectivity index (χ1n) is 9.77. The lowest BCUT2D eigenvalue weighted by Crippen LogP contribution is -3.19. The minimum absolute atomic E-state index is 0.181. The van der Waals surface area contributed by atoms with Gasteiger partial charge < -0.3 is 10.2 Å². The Kier molecular flexibility index (Phi) is 7.09. The van der Waals surface area contributed by atoms with E-state index in [1.54, 1.807) is 31.2 Å². The van der Waals surface area contributed by atoms with E-state index in [4.69, 9.17) is 23.2 Å². The average Bonchev–Trinajstić information content (AvgIpc) is 2.72. The zero-order valence-corrected chi connectivity index (χ0v) is 19.5. The van der Waals surface area contributed by atoms with E-state index in [0.717, 1.165) is 16.0 Å². The molecule has 1 heterocycles. The lowest BCUT2D eigenvalue weighted by atomic mass is 10.2. The van der Waals surface area contributed by atoms with Crippen LogP contribution < -0.4 is 10.2 Å². The SMILES string of the molecule is Cc1ccc(C)c(S(=O)(=O)N2CC[NH+]([C@@H](C)C(=O)Nc3cc(Cl)ccc3Cl)CC2)c1. The molecular weight excluding hydrogens is 445 g/mol. The highest BCUT2D eigenvalue weighted by Crippen LogP contribution is 2.25. The summed E-state index contributed by atoms with van der Waals surface area (Å²) in [7, 11) is -3.56. The van der Waals surface area contributed by atoms with Crippen molar-refractivity contribution in [2.75, 3.05) is 31.5 Å². The minimum atomic E-state index is -3.56. The van der Waals surface area contributed by atoms with Crippen LogP contribution in [-0.2, 0) is 14.8 Å². The molecule has 1 aliphatic heterocycles. The fourth-order valence-electron chi connectivity index (χ4n) is 3.59. The molecule has 0 unspecified atom stereocenters. The molecule has 1 aliphatic rings. The van der Waals surface area contributed by atoms with Crippen molar-refractivity contribution < 1.29 is 18.1 Å². The number of quaternary nitrogens is 1. The molecule has 1 amide bonds. The predicted octanol–water partition coefficient (Wildman–Crippen LogP) is 2.53. The van der Waals surface area contributed by atoms with E-state index in [2.05, 4.69) is 5.32 Å². The van der Waals surface area contributed by atoms with Crippen molar-refractivity contribution in [3.8, 4) is 0 Å². The van der Waals surface area contributed by atoms with Gasteiger partial charge in [0, 0.05) is 5.02 Å². The summed E-state index contributed by atoms with van der Waals surface area (Å²) in [6, 6.07) is 10.00. The number of rotatable bonds is 5. The Balaban J connectivity index is 1.65. The van der Waals surface area contributed by atoms with Crippen molar-refractivity contribution >= 4 is 44.8 Å². The quantitative estimate of drug-likeness (QED) is 0.704. The molecule has 0 aliphatic carbocycles. The average molecular weight is 471 g/mol. The van der Waals surface area contributed by atoms with E-state index in [-0.39, 0.29) is 11.9 Å². The maximum Gasteiger partial charge on any atom is 0.282 e. The summed E-state index contributed by atoms with van der Waals surface area (Å²) >= 11 is 12.1. The van der Waals surface area contributed by atoms with Gasteiger partial charge in [-0.2, -0.15) is 4.31 Å². The van der Waals surface area contributed by atoms with Crippen LogP contribution in [0, 0.1) is 13.8 Å². The normalized spacial score (nSPS) is 17.0. The summed E-state index contributed by atoms with van der Waals surface area (Å²) in [6.45, 7) is 7.33. The number of hydrogen-bond donors (Lipinski definition) is 2. The van der Waals surface area contributed by atoms with Crippen LogP contribution >= 0.6 is 23.2 Å². The fraction of sp³-hybridized carbons (Fsp3) is 0.381. The zero-order valence-electron chi connectivity index (χ0n) is 17.2. The number of benzene rings is 2. The van der Waals surface area contributed by atoms with Crippen molar-refractivity contribution in [2.24, 2.45) is 0 Å². The fourth-order valence-corrected chi connectivity index (χ4v) is 5.68. The number of nitrogens with one attached hydrogen (secondary N) is 2. The number of aryl methyl sites for hydroxylation is 2. The third-order valence-electron chi connectivity index (χ3n) is 5.52. The number of amides is 1. The van der Waals surface area contributed by atoms with Crippen LogP contribution in [0.3, 0.4) is 0 Å². The highest BCUT2D eigenvalue weighted by molar-refractivity contribution is 7.89. The van der Waals surface area contributed by atoms with Gasteiger partial charge in [-0.1, -0.05) is 35.3 Å². The minimum Gasteiger partial charge on any atom is -0.323 e. The van der Waals surface area contributed by atoms with E-state index in [0.29, 0.717) is 46.8 Å². The summed E-state index contributed by atoms with van der Waals surface area (Å²) < 4.78 is 27.7. The second-order valence-electron chi connectivity index (χ2n) is 7.67. The Morgan fingerprint density at radius 3 is 2.43 bits per heavy atom. The standard InChI is InChI=1S/C21H25Cl2N3O3S/c1-14-4-5-15(2)20(12-14)30(28,29)26-10-8-25(9-11-26)16(3)21(27)24-19-13-17(22)6-7-18(19)23/h4-7,12-13,16H,8-11H2,1-3H3,(H,24,27)/p+1/t16-/m0/s1. The van der Waals surface area contributed by atoms with Crippen LogP contribution in [-0.4, -0.2) is 50.9 Å². The van der Waals surface area contributed by atoms with E-state index in [1.807, 2.05) is 26.0 Å². The molecule has 0 spiro atoms. The Hall–Kier alpha value is -1.64. The van der Waals surface area contributed by atoms with Crippen molar-refractivity contribution in [1.29, 1.82) is 0 Å². The molecule has 0 radical (unpaired) electrons. The largest absolute Gasteiger partial charge is 0.323 e. The maximum absolute atomic E-state index is 13.1. The molecule has 3 rings (SSSR count). The van der Waals surface area contributed by atoms with E-state index < -0.39 is 10.0 Å². The van der Waals surface area contributed by atoms with Crippen molar-refractivity contribution in [2.45, 2.75) is 31.7 Å². The Morgan fingerprint density at radius 2 is 1.77 bits per heavy atom. The highest BCUT2D eigenvalue weighted by atomic mass is 35.5. The molecule has 0 bridgehead atoms. The van der Waals surface area contributed by atoms with E-state index >= 15 is 0 Å². The molecule has 6 nitrogen and oxygen atoms in total. The Morgan fingerprint density at radius 1 is 1.10 bits per heavy atom. The molecular formula is C21H26Cl2N3O3S+. The molecule has 9 heteroatoms. The van der Waals surface area contributed by atoms with E-state index in [9.17, 15) is 13.2 Å². The van der Waals surface area contributed by atoms with Crippen LogP contribution in [0.5, 0.6) is 0 Å². The summed E-state index contributed by atoms with van der Waals surface area (Å²) in [6.07, 6.45) is 0. The van der Waals surface area contributed by atoms with Gasteiger partial charge >= 0.3 is 0 Å². The second-order valence-corrected chi connectivity index (χ2v) is 10.4. The molecule has 2 aromatic rings.